The molecule has 0 aliphatic carbocycles. The first-order valence-corrected chi connectivity index (χ1v) is 11.4. The molecule has 2 aromatic heterocycles. The van der Waals surface area contributed by atoms with Crippen molar-refractivity contribution in [3.63, 3.8) is 0 Å². The Morgan fingerprint density at radius 3 is 2.59 bits per heavy atom. The van der Waals surface area contributed by atoms with Gasteiger partial charge in [-0.05, 0) is 55.8 Å². The molecule has 0 aliphatic heterocycles. The Morgan fingerprint density at radius 1 is 1.14 bits per heavy atom. The van der Waals surface area contributed by atoms with Crippen LogP contribution in [0, 0.1) is 11.6 Å². The molecule has 0 radical (unpaired) electrons. The van der Waals surface area contributed by atoms with E-state index in [0.717, 1.165) is 17.0 Å². The highest BCUT2D eigenvalue weighted by molar-refractivity contribution is 5.99. The summed E-state index contributed by atoms with van der Waals surface area (Å²) in [5.41, 5.74) is 7.11. The third kappa shape index (κ3) is 5.58. The van der Waals surface area contributed by atoms with Crippen LogP contribution < -0.4 is 21.7 Å². The highest BCUT2D eigenvalue weighted by Crippen LogP contribution is 2.29. The number of aromatic nitrogens is 3. The SMILES string of the molecule is CCn1ncc2cc(Nc3nc(N[C@H](c4cccc(F)c4)[C@H](C)NC(=O)O)c(F)cc3C(N)=O)ccc21. The molecular weight excluding hydrogens is 484 g/mol. The van der Waals surface area contributed by atoms with Gasteiger partial charge in [-0.15, -0.1) is 0 Å². The number of hydrogen-bond donors (Lipinski definition) is 5. The summed E-state index contributed by atoms with van der Waals surface area (Å²) in [6.07, 6.45) is 0.391. The molecule has 12 heteroatoms. The van der Waals surface area contributed by atoms with Crippen LogP contribution in [0.5, 0.6) is 0 Å². The lowest BCUT2D eigenvalue weighted by Crippen LogP contribution is -2.39. The predicted octanol–water partition coefficient (Wildman–Crippen LogP) is 4.38. The van der Waals surface area contributed by atoms with Crippen molar-refractivity contribution in [3.8, 4) is 0 Å². The van der Waals surface area contributed by atoms with E-state index in [4.69, 9.17) is 5.73 Å². The van der Waals surface area contributed by atoms with E-state index in [-0.39, 0.29) is 17.2 Å². The fourth-order valence-corrected chi connectivity index (χ4v) is 4.05. The second kappa shape index (κ2) is 10.5. The first-order valence-electron chi connectivity index (χ1n) is 11.4. The van der Waals surface area contributed by atoms with Gasteiger partial charge in [-0.25, -0.2) is 18.6 Å². The van der Waals surface area contributed by atoms with Gasteiger partial charge < -0.3 is 26.8 Å². The predicted molar refractivity (Wildman–Crippen MR) is 135 cm³/mol. The molecule has 2 atom stereocenters. The molecule has 0 fully saturated rings. The van der Waals surface area contributed by atoms with Gasteiger partial charge in [0.1, 0.15) is 11.6 Å². The van der Waals surface area contributed by atoms with Crippen LogP contribution in [0.4, 0.5) is 30.9 Å². The number of carboxylic acid groups (broad SMARTS) is 1. The molecule has 192 valence electrons. The monoisotopic (exact) mass is 509 g/mol. The van der Waals surface area contributed by atoms with Gasteiger partial charge in [-0.1, -0.05) is 12.1 Å². The lowest BCUT2D eigenvalue weighted by molar-refractivity contribution is 0.1000. The number of halogens is 2. The molecule has 0 unspecified atom stereocenters. The Morgan fingerprint density at radius 2 is 1.92 bits per heavy atom. The van der Waals surface area contributed by atoms with E-state index < -0.39 is 35.7 Å². The van der Waals surface area contributed by atoms with Crippen LogP contribution in [0.3, 0.4) is 0 Å². The van der Waals surface area contributed by atoms with Gasteiger partial charge in [-0.2, -0.15) is 5.10 Å². The van der Waals surface area contributed by atoms with Crippen molar-refractivity contribution in [1.29, 1.82) is 0 Å². The number of nitrogens with one attached hydrogen (secondary N) is 3. The van der Waals surface area contributed by atoms with Gasteiger partial charge in [0.05, 0.1) is 29.4 Å². The smallest absolute Gasteiger partial charge is 0.404 e. The number of nitrogens with zero attached hydrogens (tertiary/aromatic N) is 3. The van der Waals surface area contributed by atoms with Gasteiger partial charge in [0.25, 0.3) is 5.91 Å². The summed E-state index contributed by atoms with van der Waals surface area (Å²) in [7, 11) is 0. The lowest BCUT2D eigenvalue weighted by Gasteiger charge is -2.26. The quantitative estimate of drug-likeness (QED) is 0.225. The van der Waals surface area contributed by atoms with E-state index in [1.807, 2.05) is 17.7 Å². The first-order chi connectivity index (χ1) is 17.7. The molecule has 0 saturated heterocycles. The van der Waals surface area contributed by atoms with Crippen LogP contribution in [-0.2, 0) is 6.54 Å². The standard InChI is InChI=1S/C25H25F2N7O3/c1-3-34-20-8-7-17(10-15(20)12-29-34)31-23-18(22(28)35)11-19(27)24(33-23)32-21(13(2)30-25(36)37)14-5-4-6-16(26)9-14/h4-13,21,30H,3H2,1-2H3,(H2,28,35)(H,36,37)(H2,31,32,33)/t13-,21-/m0/s1. The number of primary amides is 1. The van der Waals surface area contributed by atoms with Gasteiger partial charge in [0.2, 0.25) is 0 Å². The molecule has 2 heterocycles. The molecule has 0 saturated carbocycles. The van der Waals surface area contributed by atoms with Gasteiger partial charge in [0, 0.05) is 17.6 Å². The number of aryl methyl sites for hydroxylation is 1. The highest BCUT2D eigenvalue weighted by Gasteiger charge is 2.25. The molecule has 0 aliphatic rings. The molecule has 10 nitrogen and oxygen atoms in total. The summed E-state index contributed by atoms with van der Waals surface area (Å²) in [4.78, 5) is 27.6. The molecule has 2 aromatic carbocycles. The number of nitrogens with two attached hydrogens (primary N) is 1. The largest absolute Gasteiger partial charge is 0.465 e. The van der Waals surface area contributed by atoms with E-state index >= 15 is 4.39 Å². The molecule has 2 amide bonds. The van der Waals surface area contributed by atoms with Crippen LogP contribution in [0.1, 0.15) is 35.8 Å². The molecular formula is C25H25F2N7O3. The summed E-state index contributed by atoms with van der Waals surface area (Å²) in [5.74, 6) is -2.66. The number of pyridine rings is 1. The topological polar surface area (TPSA) is 147 Å². The number of anilines is 3. The second-order valence-electron chi connectivity index (χ2n) is 8.35. The summed E-state index contributed by atoms with van der Waals surface area (Å²) in [6.45, 7) is 4.20. The van der Waals surface area contributed by atoms with E-state index in [1.165, 1.54) is 25.1 Å². The maximum atomic E-state index is 15.1. The summed E-state index contributed by atoms with van der Waals surface area (Å²) in [5, 5.41) is 22.5. The fraction of sp³-hybridized carbons (Fsp3) is 0.200. The zero-order valence-electron chi connectivity index (χ0n) is 20.0. The summed E-state index contributed by atoms with van der Waals surface area (Å²) in [6, 6.07) is 10.1. The zero-order chi connectivity index (χ0) is 26.7. The van der Waals surface area contributed by atoms with E-state index in [1.54, 1.807) is 24.4 Å². The Bertz CT molecular complexity index is 1470. The second-order valence-corrected chi connectivity index (χ2v) is 8.35. The molecule has 0 bridgehead atoms. The van der Waals surface area contributed by atoms with Crippen molar-refractivity contribution in [2.45, 2.75) is 32.5 Å². The minimum Gasteiger partial charge on any atom is -0.465 e. The number of rotatable bonds is 9. The maximum Gasteiger partial charge on any atom is 0.404 e. The van der Waals surface area contributed by atoms with Crippen LogP contribution in [0.15, 0.2) is 54.7 Å². The Kier molecular flexibility index (Phi) is 7.18. The van der Waals surface area contributed by atoms with Crippen molar-refractivity contribution < 1.29 is 23.5 Å². The summed E-state index contributed by atoms with van der Waals surface area (Å²) < 4.78 is 30.8. The van der Waals surface area contributed by atoms with Crippen molar-refractivity contribution >= 4 is 40.2 Å². The van der Waals surface area contributed by atoms with E-state index in [9.17, 15) is 19.1 Å². The van der Waals surface area contributed by atoms with Gasteiger partial charge >= 0.3 is 6.09 Å². The first kappa shape index (κ1) is 25.4. The minimum atomic E-state index is -1.31. The maximum absolute atomic E-state index is 15.1. The number of amides is 2. The fourth-order valence-electron chi connectivity index (χ4n) is 4.05. The molecule has 37 heavy (non-hydrogen) atoms. The van der Waals surface area contributed by atoms with Crippen molar-refractivity contribution in [2.24, 2.45) is 5.73 Å². The highest BCUT2D eigenvalue weighted by atomic mass is 19.1. The Balaban J connectivity index is 1.72. The minimum absolute atomic E-state index is 0.0181. The van der Waals surface area contributed by atoms with Crippen molar-refractivity contribution in [3.05, 3.63) is 77.5 Å². The molecule has 4 aromatic rings. The average Bonchev–Trinajstić information content (AvgIpc) is 3.25. The molecule has 0 spiro atoms. The van der Waals surface area contributed by atoms with Crippen LogP contribution in [-0.4, -0.2) is 37.9 Å². The van der Waals surface area contributed by atoms with E-state index in [0.29, 0.717) is 17.8 Å². The summed E-state index contributed by atoms with van der Waals surface area (Å²) >= 11 is 0. The van der Waals surface area contributed by atoms with Gasteiger partial charge in [0.15, 0.2) is 11.6 Å². The number of carbonyl (C=O) groups is 2. The normalized spacial score (nSPS) is 12.6. The van der Waals surface area contributed by atoms with Crippen LogP contribution in [0.25, 0.3) is 10.9 Å². The lowest BCUT2D eigenvalue weighted by atomic mass is 10.00. The number of carbonyl (C=O) groups excluding carboxylic acids is 1. The molecule has 4 rings (SSSR count). The zero-order valence-corrected chi connectivity index (χ0v) is 20.0. The third-order valence-electron chi connectivity index (χ3n) is 5.80. The van der Waals surface area contributed by atoms with Crippen molar-refractivity contribution in [2.75, 3.05) is 10.6 Å². The molecule has 6 N–H and O–H groups in total. The van der Waals surface area contributed by atoms with Crippen LogP contribution >= 0.6 is 0 Å². The van der Waals surface area contributed by atoms with Gasteiger partial charge in [-0.3, -0.25) is 9.48 Å². The van der Waals surface area contributed by atoms with E-state index in [2.05, 4.69) is 26.0 Å². The number of benzene rings is 2. The Labute approximate surface area is 210 Å². The average molecular weight is 510 g/mol. The van der Waals surface area contributed by atoms with Crippen molar-refractivity contribution in [1.82, 2.24) is 20.1 Å². The Hall–Kier alpha value is -4.74. The van der Waals surface area contributed by atoms with Crippen LogP contribution in [0.2, 0.25) is 0 Å². The number of hydrogen-bond acceptors (Lipinski definition) is 6. The third-order valence-corrected chi connectivity index (χ3v) is 5.80. The number of fused-ring (bicyclic) bond motifs is 1.